The Balaban J connectivity index is 3.12. The maximum Gasteiger partial charge on any atom is 0.167 e. The first kappa shape index (κ1) is 11.9. The number of nitrogens with zero attached hydrogens (tertiary/aromatic N) is 2. The molecule has 0 aliphatic carbocycles. The van der Waals surface area contributed by atoms with Gasteiger partial charge in [-0.2, -0.15) is 5.10 Å². The Labute approximate surface area is 90.5 Å². The van der Waals surface area contributed by atoms with Crippen LogP contribution in [0.15, 0.2) is 6.20 Å². The number of carbonyl (C=O) groups excluding carboxylic acids is 1. The van der Waals surface area contributed by atoms with E-state index in [1.807, 2.05) is 7.05 Å². The molecule has 0 spiro atoms. The molecule has 1 aromatic rings. The highest BCUT2D eigenvalue weighted by Gasteiger charge is 2.24. The second kappa shape index (κ2) is 4.14. The Bertz CT molecular complexity index is 360. The lowest BCUT2D eigenvalue weighted by atomic mass is 9.88. The first-order valence-electron chi connectivity index (χ1n) is 5.13. The summed E-state index contributed by atoms with van der Waals surface area (Å²) < 4.78 is 1.68. The van der Waals surface area contributed by atoms with E-state index in [1.165, 1.54) is 0 Å². The zero-order chi connectivity index (χ0) is 11.6. The maximum atomic E-state index is 11.8. The van der Waals surface area contributed by atoms with Crippen molar-refractivity contribution in [2.24, 2.45) is 12.8 Å². The highest BCUT2D eigenvalue weighted by molar-refractivity contribution is 5.97. The minimum absolute atomic E-state index is 0.0792. The third-order valence-electron chi connectivity index (χ3n) is 2.21. The summed E-state index contributed by atoms with van der Waals surface area (Å²) in [6.45, 7) is 6.54. The van der Waals surface area contributed by atoms with Crippen LogP contribution < -0.4 is 5.73 Å². The molecule has 0 aromatic carbocycles. The van der Waals surface area contributed by atoms with Crippen LogP contribution in [-0.2, 0) is 12.5 Å². The molecular weight excluding hydrogens is 190 g/mol. The monoisotopic (exact) mass is 209 g/mol. The second-order valence-corrected chi connectivity index (χ2v) is 4.78. The smallest absolute Gasteiger partial charge is 0.167 e. The molecule has 0 saturated carbocycles. The summed E-state index contributed by atoms with van der Waals surface area (Å²) in [6.07, 6.45) is 2.16. The Morgan fingerprint density at radius 1 is 1.53 bits per heavy atom. The Morgan fingerprint density at radius 2 is 2.13 bits per heavy atom. The molecule has 0 radical (unpaired) electrons. The zero-order valence-electron chi connectivity index (χ0n) is 9.87. The fraction of sp³-hybridized carbons (Fsp3) is 0.636. The second-order valence-electron chi connectivity index (χ2n) is 4.78. The van der Waals surface area contributed by atoms with Gasteiger partial charge in [0.15, 0.2) is 5.78 Å². The van der Waals surface area contributed by atoms with Gasteiger partial charge in [-0.1, -0.05) is 20.8 Å². The summed E-state index contributed by atoms with van der Waals surface area (Å²) in [5.41, 5.74) is 6.83. The summed E-state index contributed by atoms with van der Waals surface area (Å²) in [5.74, 6) is 0.0792. The molecule has 0 aliphatic heterocycles. The number of ketones is 1. The van der Waals surface area contributed by atoms with E-state index in [-0.39, 0.29) is 11.2 Å². The molecule has 0 saturated heterocycles. The first-order valence-corrected chi connectivity index (χ1v) is 5.13. The first-order chi connectivity index (χ1) is 6.86. The van der Waals surface area contributed by atoms with Gasteiger partial charge in [-0.15, -0.1) is 0 Å². The molecule has 2 N–H and O–H groups in total. The van der Waals surface area contributed by atoms with E-state index in [0.29, 0.717) is 18.5 Å². The Morgan fingerprint density at radius 3 is 2.60 bits per heavy atom. The van der Waals surface area contributed by atoms with Gasteiger partial charge in [0.05, 0.1) is 11.3 Å². The van der Waals surface area contributed by atoms with Gasteiger partial charge in [0.25, 0.3) is 0 Å². The van der Waals surface area contributed by atoms with E-state index in [0.717, 1.165) is 5.69 Å². The number of Topliss-reactive ketones (excluding diaryl/α,β-unsaturated/α-hetero) is 1. The number of rotatable bonds is 3. The molecule has 0 fully saturated rings. The van der Waals surface area contributed by atoms with Crippen molar-refractivity contribution in [1.82, 2.24) is 9.78 Å². The van der Waals surface area contributed by atoms with Crippen molar-refractivity contribution in [3.05, 3.63) is 17.5 Å². The topological polar surface area (TPSA) is 60.9 Å². The summed E-state index contributed by atoms with van der Waals surface area (Å²) >= 11 is 0. The van der Waals surface area contributed by atoms with Crippen molar-refractivity contribution in [1.29, 1.82) is 0 Å². The maximum absolute atomic E-state index is 11.8. The molecule has 0 atom stereocenters. The molecule has 4 heteroatoms. The molecule has 84 valence electrons. The van der Waals surface area contributed by atoms with Crippen LogP contribution in [0.1, 0.15) is 43.2 Å². The molecule has 15 heavy (non-hydrogen) atoms. The van der Waals surface area contributed by atoms with E-state index in [4.69, 9.17) is 5.73 Å². The predicted octanol–water partition coefficient (Wildman–Crippen LogP) is 1.25. The molecule has 1 aromatic heterocycles. The van der Waals surface area contributed by atoms with Crippen LogP contribution in [0.3, 0.4) is 0 Å². The van der Waals surface area contributed by atoms with Gasteiger partial charge in [0.1, 0.15) is 0 Å². The van der Waals surface area contributed by atoms with Crippen molar-refractivity contribution >= 4 is 5.78 Å². The molecule has 1 heterocycles. The SMILES string of the molecule is Cn1cc(C(=O)CCN)c(C(C)(C)C)n1. The quantitative estimate of drug-likeness (QED) is 0.762. The average Bonchev–Trinajstić information content (AvgIpc) is 2.47. The average molecular weight is 209 g/mol. The summed E-state index contributed by atoms with van der Waals surface area (Å²) in [7, 11) is 1.83. The summed E-state index contributed by atoms with van der Waals surface area (Å²) in [4.78, 5) is 11.8. The van der Waals surface area contributed by atoms with E-state index in [2.05, 4.69) is 25.9 Å². The Hall–Kier alpha value is -1.16. The van der Waals surface area contributed by atoms with E-state index in [1.54, 1.807) is 10.9 Å². The number of nitrogens with two attached hydrogens (primary N) is 1. The highest BCUT2D eigenvalue weighted by atomic mass is 16.1. The molecule has 4 nitrogen and oxygen atoms in total. The van der Waals surface area contributed by atoms with Crippen molar-refractivity contribution in [2.75, 3.05) is 6.54 Å². The van der Waals surface area contributed by atoms with Crippen LogP contribution in [0.2, 0.25) is 0 Å². The Kier molecular flexibility index (Phi) is 3.29. The van der Waals surface area contributed by atoms with Gasteiger partial charge in [-0.3, -0.25) is 9.48 Å². The standard InChI is InChI=1S/C11H19N3O/c1-11(2,3)10-8(7-14(4)13-10)9(15)5-6-12/h7H,5-6,12H2,1-4H3. The number of aromatic nitrogens is 2. The third kappa shape index (κ3) is 2.65. The molecule has 0 bridgehead atoms. The lowest BCUT2D eigenvalue weighted by Gasteiger charge is -2.16. The van der Waals surface area contributed by atoms with Crippen LogP contribution in [0.4, 0.5) is 0 Å². The van der Waals surface area contributed by atoms with Gasteiger partial charge in [0, 0.05) is 25.1 Å². The van der Waals surface area contributed by atoms with Gasteiger partial charge in [-0.25, -0.2) is 0 Å². The normalized spacial score (nSPS) is 11.8. The molecule has 0 amide bonds. The van der Waals surface area contributed by atoms with E-state index >= 15 is 0 Å². The zero-order valence-corrected chi connectivity index (χ0v) is 9.87. The van der Waals surface area contributed by atoms with E-state index in [9.17, 15) is 4.79 Å². The molecule has 0 unspecified atom stereocenters. The largest absolute Gasteiger partial charge is 0.330 e. The lowest BCUT2D eigenvalue weighted by molar-refractivity contribution is 0.0983. The number of aryl methyl sites for hydroxylation is 1. The van der Waals surface area contributed by atoms with Crippen molar-refractivity contribution < 1.29 is 4.79 Å². The van der Waals surface area contributed by atoms with Crippen LogP contribution in [0.25, 0.3) is 0 Å². The van der Waals surface area contributed by atoms with Gasteiger partial charge in [-0.05, 0) is 6.54 Å². The number of hydrogen-bond donors (Lipinski definition) is 1. The predicted molar refractivity (Wildman–Crippen MR) is 59.9 cm³/mol. The van der Waals surface area contributed by atoms with E-state index < -0.39 is 0 Å². The van der Waals surface area contributed by atoms with Crippen molar-refractivity contribution in [2.45, 2.75) is 32.6 Å². The van der Waals surface area contributed by atoms with Crippen LogP contribution in [-0.4, -0.2) is 22.1 Å². The fourth-order valence-corrected chi connectivity index (χ4v) is 1.51. The van der Waals surface area contributed by atoms with Crippen LogP contribution >= 0.6 is 0 Å². The number of hydrogen-bond acceptors (Lipinski definition) is 3. The minimum Gasteiger partial charge on any atom is -0.330 e. The van der Waals surface area contributed by atoms with Crippen molar-refractivity contribution in [3.63, 3.8) is 0 Å². The molecule has 0 aliphatic rings. The third-order valence-corrected chi connectivity index (χ3v) is 2.21. The van der Waals surface area contributed by atoms with Crippen LogP contribution in [0, 0.1) is 0 Å². The summed E-state index contributed by atoms with van der Waals surface area (Å²) in [5, 5.41) is 4.34. The minimum atomic E-state index is -0.110. The summed E-state index contributed by atoms with van der Waals surface area (Å²) in [6, 6.07) is 0. The van der Waals surface area contributed by atoms with Crippen molar-refractivity contribution in [3.8, 4) is 0 Å². The van der Waals surface area contributed by atoms with Gasteiger partial charge >= 0.3 is 0 Å². The molecule has 1 rings (SSSR count). The lowest BCUT2D eigenvalue weighted by Crippen LogP contribution is -2.18. The van der Waals surface area contributed by atoms with Gasteiger partial charge < -0.3 is 5.73 Å². The van der Waals surface area contributed by atoms with Gasteiger partial charge in [0.2, 0.25) is 0 Å². The fourth-order valence-electron chi connectivity index (χ4n) is 1.51. The molecular formula is C11H19N3O. The van der Waals surface area contributed by atoms with Crippen LogP contribution in [0.5, 0.6) is 0 Å². The highest BCUT2D eigenvalue weighted by Crippen LogP contribution is 2.24. The number of carbonyl (C=O) groups is 1.